The van der Waals surface area contributed by atoms with Gasteiger partial charge >= 0.3 is 0 Å². The van der Waals surface area contributed by atoms with Gasteiger partial charge in [0, 0.05) is 30.6 Å². The van der Waals surface area contributed by atoms with Gasteiger partial charge in [-0.1, -0.05) is 0 Å². The summed E-state index contributed by atoms with van der Waals surface area (Å²) in [7, 11) is 0. The molecule has 2 aromatic rings. The Bertz CT molecular complexity index is 686. The number of hydrogen-bond donors (Lipinski definition) is 1. The molecule has 0 spiro atoms. The number of benzene rings is 1. The Kier molecular flexibility index (Phi) is 2.79. The Morgan fingerprint density at radius 2 is 2.25 bits per heavy atom. The van der Waals surface area contributed by atoms with Crippen LogP contribution < -0.4 is 4.90 Å². The summed E-state index contributed by atoms with van der Waals surface area (Å²) in [4.78, 5) is 20.8. The standard InChI is InChI=1S/C13H14N4O3/c1-13(18)4-5-16(7-13)12-10-6-9(17(19)20)2-3-11(10)14-8-15-12/h2-3,6,8,18H,4-5,7H2,1H3. The summed E-state index contributed by atoms with van der Waals surface area (Å²) in [6, 6.07) is 4.53. The lowest BCUT2D eigenvalue weighted by molar-refractivity contribution is -0.384. The fourth-order valence-electron chi connectivity index (χ4n) is 2.52. The van der Waals surface area contributed by atoms with Gasteiger partial charge in [-0.15, -0.1) is 0 Å². The smallest absolute Gasteiger partial charge is 0.270 e. The first-order chi connectivity index (χ1) is 9.46. The molecule has 0 aliphatic carbocycles. The van der Waals surface area contributed by atoms with Gasteiger partial charge in [-0.05, 0) is 19.4 Å². The molecule has 3 rings (SSSR count). The third kappa shape index (κ3) is 2.16. The summed E-state index contributed by atoms with van der Waals surface area (Å²) >= 11 is 0. The largest absolute Gasteiger partial charge is 0.388 e. The number of nitro groups is 1. The lowest BCUT2D eigenvalue weighted by Crippen LogP contribution is -2.30. The third-order valence-corrected chi connectivity index (χ3v) is 3.56. The van der Waals surface area contributed by atoms with Crippen LogP contribution in [0, 0.1) is 10.1 Å². The maximum Gasteiger partial charge on any atom is 0.270 e. The fourth-order valence-corrected chi connectivity index (χ4v) is 2.52. The van der Waals surface area contributed by atoms with Crippen molar-refractivity contribution in [3.8, 4) is 0 Å². The minimum atomic E-state index is -0.752. The number of fused-ring (bicyclic) bond motifs is 1. The quantitative estimate of drug-likeness (QED) is 0.659. The van der Waals surface area contributed by atoms with Gasteiger partial charge in [0.15, 0.2) is 0 Å². The zero-order valence-corrected chi connectivity index (χ0v) is 11.0. The molecule has 0 bridgehead atoms. The van der Waals surface area contributed by atoms with Gasteiger partial charge in [0.2, 0.25) is 0 Å². The molecule has 2 heterocycles. The summed E-state index contributed by atoms with van der Waals surface area (Å²) in [5.41, 5.74) is -0.0792. The van der Waals surface area contributed by atoms with Gasteiger partial charge in [0.05, 0.1) is 16.0 Å². The number of non-ortho nitro benzene ring substituents is 1. The number of rotatable bonds is 2. The molecule has 1 aromatic carbocycles. The number of β-amino-alcohol motifs (C(OH)–C–C–N with tert-alkyl or cyclic N) is 1. The van der Waals surface area contributed by atoms with Gasteiger partial charge in [-0.2, -0.15) is 0 Å². The Morgan fingerprint density at radius 1 is 1.45 bits per heavy atom. The van der Waals surface area contributed by atoms with Crippen LogP contribution in [0.3, 0.4) is 0 Å². The Labute approximate surface area is 115 Å². The van der Waals surface area contributed by atoms with Crippen molar-refractivity contribution in [3.05, 3.63) is 34.6 Å². The number of nitro benzene ring substituents is 1. The predicted molar refractivity (Wildman–Crippen MR) is 73.6 cm³/mol. The lowest BCUT2D eigenvalue weighted by atomic mass is 10.1. The highest BCUT2D eigenvalue weighted by atomic mass is 16.6. The third-order valence-electron chi connectivity index (χ3n) is 3.56. The molecule has 104 valence electrons. The second-order valence-electron chi connectivity index (χ2n) is 5.32. The van der Waals surface area contributed by atoms with Crippen molar-refractivity contribution in [2.75, 3.05) is 18.0 Å². The van der Waals surface area contributed by atoms with Crippen molar-refractivity contribution in [1.82, 2.24) is 9.97 Å². The van der Waals surface area contributed by atoms with Crippen LogP contribution in [0.25, 0.3) is 10.9 Å². The van der Waals surface area contributed by atoms with Crippen molar-refractivity contribution in [3.63, 3.8) is 0 Å². The van der Waals surface area contributed by atoms with Crippen LogP contribution in [0.15, 0.2) is 24.5 Å². The van der Waals surface area contributed by atoms with Crippen molar-refractivity contribution in [2.24, 2.45) is 0 Å². The van der Waals surface area contributed by atoms with E-state index in [4.69, 9.17) is 0 Å². The molecule has 0 saturated carbocycles. The van der Waals surface area contributed by atoms with Crippen molar-refractivity contribution < 1.29 is 10.0 Å². The van der Waals surface area contributed by atoms with E-state index in [1.807, 2.05) is 4.90 Å². The van der Waals surface area contributed by atoms with Crippen LogP contribution in [0.5, 0.6) is 0 Å². The maximum absolute atomic E-state index is 10.9. The monoisotopic (exact) mass is 274 g/mol. The summed E-state index contributed by atoms with van der Waals surface area (Å²) in [6.07, 6.45) is 2.09. The van der Waals surface area contributed by atoms with E-state index >= 15 is 0 Å². The van der Waals surface area contributed by atoms with Gasteiger partial charge in [0.1, 0.15) is 12.1 Å². The molecule has 7 nitrogen and oxygen atoms in total. The molecule has 0 radical (unpaired) electrons. The van der Waals surface area contributed by atoms with E-state index in [1.54, 1.807) is 13.0 Å². The highest BCUT2D eigenvalue weighted by Crippen LogP contribution is 2.31. The second kappa shape index (κ2) is 4.38. The zero-order valence-electron chi connectivity index (χ0n) is 11.0. The molecule has 0 amide bonds. The lowest BCUT2D eigenvalue weighted by Gasteiger charge is -2.20. The molecule has 7 heteroatoms. The predicted octanol–water partition coefficient (Wildman–Crippen LogP) is 1.50. The average molecular weight is 274 g/mol. The summed E-state index contributed by atoms with van der Waals surface area (Å²) in [6.45, 7) is 2.91. The summed E-state index contributed by atoms with van der Waals surface area (Å²) < 4.78 is 0. The van der Waals surface area contributed by atoms with E-state index in [0.717, 1.165) is 0 Å². The molecule has 1 saturated heterocycles. The van der Waals surface area contributed by atoms with Gasteiger partial charge in [-0.25, -0.2) is 9.97 Å². The normalized spacial score (nSPS) is 22.4. The summed E-state index contributed by atoms with van der Waals surface area (Å²) in [5, 5.41) is 21.6. The van der Waals surface area contributed by atoms with E-state index in [0.29, 0.717) is 36.2 Å². The van der Waals surface area contributed by atoms with Crippen molar-refractivity contribution >= 4 is 22.4 Å². The van der Waals surface area contributed by atoms with E-state index in [2.05, 4.69) is 9.97 Å². The second-order valence-corrected chi connectivity index (χ2v) is 5.32. The minimum absolute atomic E-state index is 0.0134. The highest BCUT2D eigenvalue weighted by molar-refractivity contribution is 5.91. The average Bonchev–Trinajstić information content (AvgIpc) is 2.77. The van der Waals surface area contributed by atoms with Gasteiger partial charge in [0.25, 0.3) is 5.69 Å². The first kappa shape index (κ1) is 12.7. The number of aromatic nitrogens is 2. The highest BCUT2D eigenvalue weighted by Gasteiger charge is 2.32. The van der Waals surface area contributed by atoms with Crippen LogP contribution in [-0.2, 0) is 0 Å². The number of anilines is 1. The molecular weight excluding hydrogens is 260 g/mol. The molecular formula is C13H14N4O3. The van der Waals surface area contributed by atoms with Crippen LogP contribution >= 0.6 is 0 Å². The van der Waals surface area contributed by atoms with E-state index in [-0.39, 0.29) is 5.69 Å². The first-order valence-electron chi connectivity index (χ1n) is 6.33. The van der Waals surface area contributed by atoms with Crippen LogP contribution in [0.4, 0.5) is 11.5 Å². The molecule has 1 fully saturated rings. The van der Waals surface area contributed by atoms with E-state index in [9.17, 15) is 15.2 Å². The molecule has 1 aliphatic heterocycles. The Hall–Kier alpha value is -2.28. The van der Waals surface area contributed by atoms with Crippen molar-refractivity contribution in [2.45, 2.75) is 18.9 Å². The molecule has 1 aliphatic rings. The SMILES string of the molecule is CC1(O)CCN(c2ncnc3ccc([N+](=O)[O-])cc23)C1. The van der Waals surface area contributed by atoms with Crippen LogP contribution in [-0.4, -0.2) is 38.7 Å². The van der Waals surface area contributed by atoms with Crippen molar-refractivity contribution in [1.29, 1.82) is 0 Å². The molecule has 1 aromatic heterocycles. The molecule has 20 heavy (non-hydrogen) atoms. The molecule has 1 unspecified atom stereocenters. The van der Waals surface area contributed by atoms with Crippen LogP contribution in [0.1, 0.15) is 13.3 Å². The molecule has 1 N–H and O–H groups in total. The van der Waals surface area contributed by atoms with Crippen LogP contribution in [0.2, 0.25) is 0 Å². The van der Waals surface area contributed by atoms with Gasteiger partial charge in [-0.3, -0.25) is 10.1 Å². The first-order valence-corrected chi connectivity index (χ1v) is 6.33. The number of hydrogen-bond acceptors (Lipinski definition) is 6. The molecule has 1 atom stereocenters. The number of aliphatic hydroxyl groups is 1. The Morgan fingerprint density at radius 3 is 2.90 bits per heavy atom. The Balaban J connectivity index is 2.11. The summed E-state index contributed by atoms with van der Waals surface area (Å²) in [5.74, 6) is 0.636. The van der Waals surface area contributed by atoms with E-state index < -0.39 is 10.5 Å². The van der Waals surface area contributed by atoms with Gasteiger partial charge < -0.3 is 10.0 Å². The minimum Gasteiger partial charge on any atom is -0.388 e. The number of nitrogens with zero attached hydrogens (tertiary/aromatic N) is 4. The zero-order chi connectivity index (χ0) is 14.3. The fraction of sp³-hybridized carbons (Fsp3) is 0.385. The maximum atomic E-state index is 10.9. The topological polar surface area (TPSA) is 92.4 Å². The van der Waals surface area contributed by atoms with E-state index in [1.165, 1.54) is 18.5 Å².